The summed E-state index contributed by atoms with van der Waals surface area (Å²) in [5.41, 5.74) is 6.09. The zero-order chi connectivity index (χ0) is 15.4. The van der Waals surface area contributed by atoms with Gasteiger partial charge in [0.1, 0.15) is 5.82 Å². The first kappa shape index (κ1) is 14.9. The van der Waals surface area contributed by atoms with E-state index < -0.39 is 4.92 Å². The summed E-state index contributed by atoms with van der Waals surface area (Å²) < 4.78 is 7.08. The fraction of sp³-hybridized carbons (Fsp3) is 0.385. The van der Waals surface area contributed by atoms with Gasteiger partial charge in [-0.1, -0.05) is 13.0 Å². The highest BCUT2D eigenvalue weighted by molar-refractivity contribution is 5.71. The predicted octanol–water partition coefficient (Wildman–Crippen LogP) is 1.73. The van der Waals surface area contributed by atoms with Crippen LogP contribution < -0.4 is 10.5 Å². The maximum atomic E-state index is 11.1. The van der Waals surface area contributed by atoms with Crippen molar-refractivity contribution in [3.8, 4) is 17.1 Å². The lowest BCUT2D eigenvalue weighted by Gasteiger charge is -2.11. The SMILES string of the molecule is CCCn1c(CN)nnc1-c1cccc([N+](=O)[O-])c1OC. The molecule has 0 saturated carbocycles. The summed E-state index contributed by atoms with van der Waals surface area (Å²) in [4.78, 5) is 10.6. The Morgan fingerprint density at radius 2 is 2.19 bits per heavy atom. The second-order valence-electron chi connectivity index (χ2n) is 4.41. The third-order valence-corrected chi connectivity index (χ3v) is 3.09. The van der Waals surface area contributed by atoms with Crippen molar-refractivity contribution in [2.24, 2.45) is 5.73 Å². The van der Waals surface area contributed by atoms with Crippen LogP contribution in [0.4, 0.5) is 5.69 Å². The van der Waals surface area contributed by atoms with Crippen molar-refractivity contribution < 1.29 is 9.66 Å². The van der Waals surface area contributed by atoms with Crippen LogP contribution in [0.1, 0.15) is 19.2 Å². The fourth-order valence-corrected chi connectivity index (χ4v) is 2.20. The van der Waals surface area contributed by atoms with Gasteiger partial charge >= 0.3 is 5.69 Å². The highest BCUT2D eigenvalue weighted by Crippen LogP contribution is 2.36. The number of methoxy groups -OCH3 is 1. The molecule has 2 N–H and O–H groups in total. The van der Waals surface area contributed by atoms with Gasteiger partial charge in [-0.2, -0.15) is 0 Å². The van der Waals surface area contributed by atoms with Gasteiger partial charge < -0.3 is 15.0 Å². The number of rotatable bonds is 6. The van der Waals surface area contributed by atoms with Crippen molar-refractivity contribution in [1.82, 2.24) is 14.8 Å². The molecule has 2 aromatic rings. The molecule has 0 fully saturated rings. The molecule has 8 nitrogen and oxygen atoms in total. The van der Waals surface area contributed by atoms with Crippen molar-refractivity contribution in [3.63, 3.8) is 0 Å². The standard InChI is InChI=1S/C13H17N5O3/c1-3-7-17-11(8-14)15-16-13(17)9-5-4-6-10(18(19)20)12(9)21-2/h4-6H,3,7-8,14H2,1-2H3. The molecule has 0 unspecified atom stereocenters. The molecule has 0 bridgehead atoms. The Kier molecular flexibility index (Phi) is 4.49. The predicted molar refractivity (Wildman–Crippen MR) is 76.8 cm³/mol. The quantitative estimate of drug-likeness (QED) is 0.641. The first-order valence-corrected chi connectivity index (χ1v) is 6.57. The van der Waals surface area contributed by atoms with E-state index in [4.69, 9.17) is 10.5 Å². The molecular formula is C13H17N5O3. The van der Waals surface area contributed by atoms with E-state index in [0.717, 1.165) is 6.42 Å². The molecule has 0 aliphatic carbocycles. The number of aromatic nitrogens is 3. The Morgan fingerprint density at radius 1 is 1.43 bits per heavy atom. The van der Waals surface area contributed by atoms with Crippen molar-refractivity contribution >= 4 is 5.69 Å². The minimum atomic E-state index is -0.479. The van der Waals surface area contributed by atoms with Crippen LogP contribution in [0.3, 0.4) is 0 Å². The fourth-order valence-electron chi connectivity index (χ4n) is 2.20. The van der Waals surface area contributed by atoms with Gasteiger partial charge in [0.05, 0.1) is 24.1 Å². The van der Waals surface area contributed by atoms with Crippen molar-refractivity contribution in [2.45, 2.75) is 26.4 Å². The Morgan fingerprint density at radius 3 is 2.76 bits per heavy atom. The Bertz CT molecular complexity index is 653. The summed E-state index contributed by atoms with van der Waals surface area (Å²) in [5, 5.41) is 19.3. The van der Waals surface area contributed by atoms with Gasteiger partial charge in [0.25, 0.3) is 0 Å². The van der Waals surface area contributed by atoms with Gasteiger partial charge in [0, 0.05) is 12.6 Å². The smallest absolute Gasteiger partial charge is 0.311 e. The van der Waals surface area contributed by atoms with E-state index in [1.807, 2.05) is 11.5 Å². The third kappa shape index (κ3) is 2.70. The van der Waals surface area contributed by atoms with E-state index in [2.05, 4.69) is 10.2 Å². The third-order valence-electron chi connectivity index (χ3n) is 3.09. The molecule has 1 aromatic carbocycles. The Hall–Kier alpha value is -2.48. The number of nitro benzene ring substituents is 1. The number of nitro groups is 1. The van der Waals surface area contributed by atoms with Crippen LogP contribution in [0.25, 0.3) is 11.4 Å². The van der Waals surface area contributed by atoms with Gasteiger partial charge in [-0.15, -0.1) is 10.2 Å². The molecule has 0 saturated heterocycles. The molecule has 112 valence electrons. The summed E-state index contributed by atoms with van der Waals surface area (Å²) in [5.74, 6) is 1.34. The second kappa shape index (κ2) is 6.31. The number of ether oxygens (including phenoxy) is 1. The molecule has 0 aliphatic heterocycles. The van der Waals surface area contributed by atoms with E-state index >= 15 is 0 Å². The minimum Gasteiger partial charge on any atom is -0.490 e. The maximum absolute atomic E-state index is 11.1. The zero-order valence-electron chi connectivity index (χ0n) is 11.9. The van der Waals surface area contributed by atoms with Crippen LogP contribution >= 0.6 is 0 Å². The molecule has 0 amide bonds. The topological polar surface area (TPSA) is 109 Å². The summed E-state index contributed by atoms with van der Waals surface area (Å²) in [7, 11) is 1.40. The van der Waals surface area contributed by atoms with Gasteiger partial charge in [-0.3, -0.25) is 10.1 Å². The van der Waals surface area contributed by atoms with E-state index in [1.165, 1.54) is 13.2 Å². The summed E-state index contributed by atoms with van der Waals surface area (Å²) in [6.45, 7) is 2.96. The van der Waals surface area contributed by atoms with Gasteiger partial charge in [0.15, 0.2) is 5.82 Å². The molecule has 2 rings (SSSR count). The lowest BCUT2D eigenvalue weighted by atomic mass is 10.1. The molecule has 0 radical (unpaired) electrons. The summed E-state index contributed by atoms with van der Waals surface area (Å²) in [6.07, 6.45) is 0.870. The largest absolute Gasteiger partial charge is 0.490 e. The molecule has 1 aromatic heterocycles. The monoisotopic (exact) mass is 291 g/mol. The lowest BCUT2D eigenvalue weighted by Crippen LogP contribution is -2.10. The molecule has 0 atom stereocenters. The lowest BCUT2D eigenvalue weighted by molar-refractivity contribution is -0.385. The van der Waals surface area contributed by atoms with Crippen LogP contribution in [0.2, 0.25) is 0 Å². The molecule has 8 heteroatoms. The second-order valence-corrected chi connectivity index (χ2v) is 4.41. The maximum Gasteiger partial charge on any atom is 0.311 e. The number of hydrogen-bond donors (Lipinski definition) is 1. The van der Waals surface area contributed by atoms with Crippen molar-refractivity contribution in [2.75, 3.05) is 7.11 Å². The molecule has 0 spiro atoms. The van der Waals surface area contributed by atoms with Crippen molar-refractivity contribution in [1.29, 1.82) is 0 Å². The number of benzene rings is 1. The zero-order valence-corrected chi connectivity index (χ0v) is 11.9. The Balaban J connectivity index is 2.64. The van der Waals surface area contributed by atoms with Crippen LogP contribution in [0.5, 0.6) is 5.75 Å². The summed E-state index contributed by atoms with van der Waals surface area (Å²) in [6, 6.07) is 4.72. The number of nitrogens with zero attached hydrogens (tertiary/aromatic N) is 4. The van der Waals surface area contributed by atoms with Crippen molar-refractivity contribution in [3.05, 3.63) is 34.1 Å². The normalized spacial score (nSPS) is 10.6. The number of nitrogens with two attached hydrogens (primary N) is 1. The number of para-hydroxylation sites is 1. The summed E-state index contributed by atoms with van der Waals surface area (Å²) >= 11 is 0. The van der Waals surface area contributed by atoms with E-state index in [9.17, 15) is 10.1 Å². The number of hydrogen-bond acceptors (Lipinski definition) is 6. The molecular weight excluding hydrogens is 274 g/mol. The van der Waals surface area contributed by atoms with E-state index in [-0.39, 0.29) is 18.0 Å². The first-order chi connectivity index (χ1) is 10.1. The van der Waals surface area contributed by atoms with E-state index in [1.54, 1.807) is 12.1 Å². The van der Waals surface area contributed by atoms with E-state index in [0.29, 0.717) is 23.8 Å². The molecule has 1 heterocycles. The average Bonchev–Trinajstić information content (AvgIpc) is 2.89. The minimum absolute atomic E-state index is 0.102. The van der Waals surface area contributed by atoms with Crippen LogP contribution in [0.15, 0.2) is 18.2 Å². The highest BCUT2D eigenvalue weighted by Gasteiger charge is 2.23. The molecule has 0 aliphatic rings. The van der Waals surface area contributed by atoms with Gasteiger partial charge in [-0.25, -0.2) is 0 Å². The van der Waals surface area contributed by atoms with Crippen LogP contribution in [-0.4, -0.2) is 26.8 Å². The average molecular weight is 291 g/mol. The molecule has 21 heavy (non-hydrogen) atoms. The van der Waals surface area contributed by atoms with Crippen LogP contribution in [-0.2, 0) is 13.1 Å². The Labute approximate surface area is 121 Å². The van der Waals surface area contributed by atoms with Gasteiger partial charge in [0.2, 0.25) is 5.75 Å². The van der Waals surface area contributed by atoms with Gasteiger partial charge in [-0.05, 0) is 12.5 Å². The first-order valence-electron chi connectivity index (χ1n) is 6.57. The van der Waals surface area contributed by atoms with Crippen LogP contribution in [0, 0.1) is 10.1 Å². The highest BCUT2D eigenvalue weighted by atomic mass is 16.6.